The Morgan fingerprint density at radius 3 is 2.36 bits per heavy atom. The van der Waals surface area contributed by atoms with Gasteiger partial charge in [0.2, 0.25) is 0 Å². The molecule has 1 rings (SSSR count). The smallest absolute Gasteiger partial charge is 0.142 e. The summed E-state index contributed by atoms with van der Waals surface area (Å²) in [5, 5.41) is 0. The number of carbonyl (C=O) groups excluding carboxylic acids is 2. The molecule has 3 heteroatoms. The van der Waals surface area contributed by atoms with Gasteiger partial charge in [0.1, 0.15) is 11.6 Å². The molecule has 1 saturated carbocycles. The van der Waals surface area contributed by atoms with E-state index in [0.717, 1.165) is 0 Å². The molecule has 0 bridgehead atoms. The first-order chi connectivity index (χ1) is 5.22. The Balaban J connectivity index is 2.56. The van der Waals surface area contributed by atoms with Crippen LogP contribution < -0.4 is 0 Å². The Kier molecular flexibility index (Phi) is 2.52. The fourth-order valence-electron chi connectivity index (χ4n) is 1.28. The van der Waals surface area contributed by atoms with E-state index in [1.807, 2.05) is 0 Å². The summed E-state index contributed by atoms with van der Waals surface area (Å²) >= 11 is 0. The molecule has 1 fully saturated rings. The average molecular weight is 153 g/mol. The van der Waals surface area contributed by atoms with Crippen molar-refractivity contribution in [3.8, 4) is 0 Å². The van der Waals surface area contributed by atoms with Crippen LogP contribution in [0.4, 0.5) is 0 Å². The van der Waals surface area contributed by atoms with E-state index < -0.39 is 0 Å². The predicted octanol–water partition coefficient (Wildman–Crippen LogP) is 0.768. The third-order valence-electron chi connectivity index (χ3n) is 1.68. The number of hydrogen-bond donors (Lipinski definition) is 0. The lowest BCUT2D eigenvalue weighted by atomic mass is 9.94. The van der Waals surface area contributed by atoms with E-state index in [-0.39, 0.29) is 24.0 Å². The standard InChI is InChI=1S/C8H11NO2/c1-2-9-6-3-7(10)5-8(11)4-6/h2,6H,3-5H2,1H3. The topological polar surface area (TPSA) is 46.5 Å². The number of carbonyl (C=O) groups is 2. The van der Waals surface area contributed by atoms with Crippen LogP contribution in [-0.2, 0) is 9.59 Å². The van der Waals surface area contributed by atoms with Crippen molar-refractivity contribution in [3.63, 3.8) is 0 Å². The van der Waals surface area contributed by atoms with Gasteiger partial charge in [0, 0.05) is 12.8 Å². The molecule has 0 radical (unpaired) electrons. The van der Waals surface area contributed by atoms with Crippen LogP contribution in [-0.4, -0.2) is 23.8 Å². The molecule has 0 aromatic heterocycles. The van der Waals surface area contributed by atoms with Crippen LogP contribution in [0.5, 0.6) is 0 Å². The molecule has 60 valence electrons. The minimum Gasteiger partial charge on any atom is -0.299 e. The lowest BCUT2D eigenvalue weighted by molar-refractivity contribution is -0.129. The van der Waals surface area contributed by atoms with Crippen molar-refractivity contribution in [2.45, 2.75) is 32.2 Å². The molecule has 0 aromatic carbocycles. The van der Waals surface area contributed by atoms with E-state index >= 15 is 0 Å². The van der Waals surface area contributed by atoms with Crippen molar-refractivity contribution in [1.29, 1.82) is 0 Å². The van der Waals surface area contributed by atoms with Crippen LogP contribution in [0.1, 0.15) is 26.2 Å². The van der Waals surface area contributed by atoms with Gasteiger partial charge in [0.25, 0.3) is 0 Å². The molecule has 0 N–H and O–H groups in total. The molecule has 0 heterocycles. The van der Waals surface area contributed by atoms with Gasteiger partial charge in [0.15, 0.2) is 0 Å². The second kappa shape index (κ2) is 3.42. The Labute approximate surface area is 65.5 Å². The highest BCUT2D eigenvalue weighted by Crippen LogP contribution is 2.14. The minimum atomic E-state index is -0.0752. The maximum atomic E-state index is 10.9. The van der Waals surface area contributed by atoms with Crippen LogP contribution >= 0.6 is 0 Å². The molecule has 1 aliphatic carbocycles. The molecule has 0 atom stereocenters. The highest BCUT2D eigenvalue weighted by atomic mass is 16.1. The first kappa shape index (κ1) is 8.11. The second-order valence-corrected chi connectivity index (χ2v) is 2.72. The highest BCUT2D eigenvalue weighted by molar-refractivity contribution is 6.02. The van der Waals surface area contributed by atoms with Gasteiger partial charge in [-0.15, -0.1) is 0 Å². The number of hydrogen-bond acceptors (Lipinski definition) is 3. The normalized spacial score (nSPS) is 21.5. The van der Waals surface area contributed by atoms with E-state index in [1.165, 1.54) is 0 Å². The van der Waals surface area contributed by atoms with Crippen molar-refractivity contribution in [2.75, 3.05) is 0 Å². The molecule has 1 aliphatic rings. The van der Waals surface area contributed by atoms with Gasteiger partial charge in [-0.05, 0) is 13.1 Å². The van der Waals surface area contributed by atoms with Gasteiger partial charge in [-0.3, -0.25) is 14.6 Å². The summed E-state index contributed by atoms with van der Waals surface area (Å²) in [6.45, 7) is 1.80. The third kappa shape index (κ3) is 2.26. The first-order valence-corrected chi connectivity index (χ1v) is 3.73. The van der Waals surface area contributed by atoms with Crippen molar-refractivity contribution in [2.24, 2.45) is 4.99 Å². The minimum absolute atomic E-state index is 0.0249. The summed E-state index contributed by atoms with van der Waals surface area (Å²) in [5.74, 6) is 0.0497. The van der Waals surface area contributed by atoms with Crippen molar-refractivity contribution in [3.05, 3.63) is 0 Å². The van der Waals surface area contributed by atoms with Gasteiger partial charge in [-0.2, -0.15) is 0 Å². The Morgan fingerprint density at radius 2 is 1.91 bits per heavy atom. The number of rotatable bonds is 1. The molecule has 0 unspecified atom stereocenters. The van der Waals surface area contributed by atoms with Gasteiger partial charge in [-0.25, -0.2) is 0 Å². The van der Waals surface area contributed by atoms with Crippen LogP contribution in [0.15, 0.2) is 4.99 Å². The fourth-order valence-corrected chi connectivity index (χ4v) is 1.28. The molecule has 11 heavy (non-hydrogen) atoms. The summed E-state index contributed by atoms with van der Waals surface area (Å²) in [4.78, 5) is 25.7. The highest BCUT2D eigenvalue weighted by Gasteiger charge is 2.23. The van der Waals surface area contributed by atoms with Crippen LogP contribution in [0.2, 0.25) is 0 Å². The zero-order valence-corrected chi connectivity index (χ0v) is 6.54. The zero-order valence-electron chi connectivity index (χ0n) is 6.54. The molecular formula is C8H11NO2. The molecule has 3 nitrogen and oxygen atoms in total. The number of nitrogens with zero attached hydrogens (tertiary/aromatic N) is 1. The van der Waals surface area contributed by atoms with Gasteiger partial charge in [-0.1, -0.05) is 0 Å². The summed E-state index contributed by atoms with van der Waals surface area (Å²) in [7, 11) is 0. The average Bonchev–Trinajstić information content (AvgIpc) is 1.85. The van der Waals surface area contributed by atoms with E-state index in [9.17, 15) is 9.59 Å². The lowest BCUT2D eigenvalue weighted by Gasteiger charge is -2.14. The van der Waals surface area contributed by atoms with Crippen molar-refractivity contribution < 1.29 is 9.59 Å². The molecule has 0 aliphatic heterocycles. The van der Waals surface area contributed by atoms with Gasteiger partial charge in [0.05, 0.1) is 12.5 Å². The number of aliphatic imine (C=N–C) groups is 1. The van der Waals surface area contributed by atoms with E-state index in [0.29, 0.717) is 12.8 Å². The second-order valence-electron chi connectivity index (χ2n) is 2.72. The summed E-state index contributed by atoms with van der Waals surface area (Å²) in [6, 6.07) is -0.0752. The Hall–Kier alpha value is -0.990. The Bertz CT molecular complexity index is 192. The third-order valence-corrected chi connectivity index (χ3v) is 1.68. The monoisotopic (exact) mass is 153 g/mol. The first-order valence-electron chi connectivity index (χ1n) is 3.73. The van der Waals surface area contributed by atoms with Crippen molar-refractivity contribution >= 4 is 17.8 Å². The maximum Gasteiger partial charge on any atom is 0.142 e. The fraction of sp³-hybridized carbons (Fsp3) is 0.625. The predicted molar refractivity (Wildman–Crippen MR) is 41.8 cm³/mol. The molecular weight excluding hydrogens is 142 g/mol. The quantitative estimate of drug-likeness (QED) is 0.412. The zero-order chi connectivity index (χ0) is 8.27. The number of ketones is 2. The van der Waals surface area contributed by atoms with Gasteiger partial charge < -0.3 is 0 Å². The lowest BCUT2D eigenvalue weighted by Crippen LogP contribution is -2.25. The maximum absolute atomic E-state index is 10.9. The summed E-state index contributed by atoms with van der Waals surface area (Å²) in [5.41, 5.74) is 0. The molecule has 0 amide bonds. The Morgan fingerprint density at radius 1 is 1.36 bits per heavy atom. The van der Waals surface area contributed by atoms with Crippen molar-refractivity contribution in [1.82, 2.24) is 0 Å². The van der Waals surface area contributed by atoms with Crippen LogP contribution in [0, 0.1) is 0 Å². The summed E-state index contributed by atoms with van der Waals surface area (Å²) < 4.78 is 0. The van der Waals surface area contributed by atoms with E-state index in [1.54, 1.807) is 13.1 Å². The largest absolute Gasteiger partial charge is 0.299 e. The molecule has 0 spiro atoms. The molecule has 0 aromatic rings. The SMILES string of the molecule is CC=NC1CC(=O)CC(=O)C1. The van der Waals surface area contributed by atoms with Gasteiger partial charge >= 0.3 is 0 Å². The van der Waals surface area contributed by atoms with Crippen LogP contribution in [0.3, 0.4) is 0 Å². The summed E-state index contributed by atoms with van der Waals surface area (Å²) in [6.07, 6.45) is 2.65. The molecule has 0 saturated heterocycles. The van der Waals surface area contributed by atoms with E-state index in [4.69, 9.17) is 0 Å². The van der Waals surface area contributed by atoms with E-state index in [2.05, 4.69) is 4.99 Å². The number of Topliss-reactive ketones (excluding diaryl/α,β-unsaturated/α-hetero) is 2. The van der Waals surface area contributed by atoms with Crippen LogP contribution in [0.25, 0.3) is 0 Å².